The maximum Gasteiger partial charge on any atom is 0.227 e. The highest BCUT2D eigenvalue weighted by molar-refractivity contribution is 5.97. The van der Waals surface area contributed by atoms with E-state index in [1.165, 1.54) is 6.39 Å². The second-order valence-electron chi connectivity index (χ2n) is 4.98. The van der Waals surface area contributed by atoms with Gasteiger partial charge in [0, 0.05) is 24.6 Å². The molecular formula is C14H15N3O2. The van der Waals surface area contributed by atoms with E-state index in [-0.39, 0.29) is 11.8 Å². The molecule has 0 radical (unpaired) electrons. The molecule has 2 heterocycles. The first-order chi connectivity index (χ1) is 9.15. The standard InChI is InChI=1S/C14H15N3O2/c1-9-3-4-10(2)12(5-9)17-7-11(6-13(17)18)14-15-8-19-16-14/h3-5,8,11H,6-7H2,1-2H3. The molecule has 1 saturated heterocycles. The second-order valence-corrected chi connectivity index (χ2v) is 4.98. The lowest BCUT2D eigenvalue weighted by molar-refractivity contribution is -0.117. The summed E-state index contributed by atoms with van der Waals surface area (Å²) in [4.78, 5) is 18.1. The largest absolute Gasteiger partial charge is 0.343 e. The molecular weight excluding hydrogens is 242 g/mol. The number of aromatic nitrogens is 2. The van der Waals surface area contributed by atoms with Crippen molar-refractivity contribution < 1.29 is 9.32 Å². The molecule has 0 N–H and O–H groups in total. The lowest BCUT2D eigenvalue weighted by Gasteiger charge is -2.19. The van der Waals surface area contributed by atoms with Crippen LogP contribution in [0.15, 0.2) is 29.1 Å². The number of hydrogen-bond acceptors (Lipinski definition) is 4. The number of amides is 1. The third kappa shape index (κ3) is 2.12. The molecule has 1 unspecified atom stereocenters. The quantitative estimate of drug-likeness (QED) is 0.827. The number of rotatable bonds is 2. The smallest absolute Gasteiger partial charge is 0.227 e. The van der Waals surface area contributed by atoms with Crippen molar-refractivity contribution in [1.29, 1.82) is 0 Å². The minimum Gasteiger partial charge on any atom is -0.343 e. The van der Waals surface area contributed by atoms with Crippen molar-refractivity contribution in [3.05, 3.63) is 41.5 Å². The van der Waals surface area contributed by atoms with E-state index in [4.69, 9.17) is 4.52 Å². The minimum absolute atomic E-state index is 0.0196. The van der Waals surface area contributed by atoms with Crippen LogP contribution in [-0.2, 0) is 4.79 Å². The van der Waals surface area contributed by atoms with Crippen molar-refractivity contribution in [3.63, 3.8) is 0 Å². The summed E-state index contributed by atoms with van der Waals surface area (Å²) in [6, 6.07) is 6.14. The molecule has 0 aliphatic carbocycles. The van der Waals surface area contributed by atoms with Gasteiger partial charge in [-0.25, -0.2) is 0 Å². The van der Waals surface area contributed by atoms with Crippen LogP contribution in [0.5, 0.6) is 0 Å². The van der Waals surface area contributed by atoms with E-state index in [9.17, 15) is 4.79 Å². The zero-order valence-electron chi connectivity index (χ0n) is 11.0. The number of carbonyl (C=O) groups excluding carboxylic acids is 1. The van der Waals surface area contributed by atoms with Crippen LogP contribution in [0, 0.1) is 13.8 Å². The number of carbonyl (C=O) groups is 1. The summed E-state index contributed by atoms with van der Waals surface area (Å²) in [5, 5.41) is 3.84. The molecule has 1 aliphatic rings. The molecule has 1 aliphatic heterocycles. The van der Waals surface area contributed by atoms with Crippen molar-refractivity contribution >= 4 is 11.6 Å². The highest BCUT2D eigenvalue weighted by atomic mass is 16.5. The highest BCUT2D eigenvalue weighted by Crippen LogP contribution is 2.32. The summed E-state index contributed by atoms with van der Waals surface area (Å²) >= 11 is 0. The third-order valence-corrected chi connectivity index (χ3v) is 3.52. The van der Waals surface area contributed by atoms with Crippen molar-refractivity contribution in [2.75, 3.05) is 11.4 Å². The average molecular weight is 257 g/mol. The topological polar surface area (TPSA) is 59.2 Å². The predicted molar refractivity (Wildman–Crippen MR) is 69.9 cm³/mol. The van der Waals surface area contributed by atoms with Crippen LogP contribution in [-0.4, -0.2) is 22.6 Å². The molecule has 1 aromatic carbocycles. The van der Waals surface area contributed by atoms with E-state index in [1.807, 2.05) is 30.9 Å². The molecule has 5 heteroatoms. The molecule has 5 nitrogen and oxygen atoms in total. The summed E-state index contributed by atoms with van der Waals surface area (Å²) in [5.41, 5.74) is 3.24. The van der Waals surface area contributed by atoms with Crippen LogP contribution in [0.4, 0.5) is 5.69 Å². The SMILES string of the molecule is Cc1ccc(C)c(N2CC(c3ncon3)CC2=O)c1. The van der Waals surface area contributed by atoms with Gasteiger partial charge in [-0.15, -0.1) is 0 Å². The van der Waals surface area contributed by atoms with E-state index in [1.54, 1.807) is 0 Å². The third-order valence-electron chi connectivity index (χ3n) is 3.52. The van der Waals surface area contributed by atoms with Crippen LogP contribution in [0.3, 0.4) is 0 Å². The van der Waals surface area contributed by atoms with E-state index >= 15 is 0 Å². The fraction of sp³-hybridized carbons (Fsp3) is 0.357. The second kappa shape index (κ2) is 4.50. The van der Waals surface area contributed by atoms with Crippen molar-refractivity contribution in [1.82, 2.24) is 10.1 Å². The Hall–Kier alpha value is -2.17. The lowest BCUT2D eigenvalue weighted by atomic mass is 10.1. The first-order valence-electron chi connectivity index (χ1n) is 6.29. The minimum atomic E-state index is 0.0196. The van der Waals surface area contributed by atoms with Gasteiger partial charge < -0.3 is 9.42 Å². The maximum atomic E-state index is 12.2. The van der Waals surface area contributed by atoms with Gasteiger partial charge in [-0.1, -0.05) is 17.3 Å². The summed E-state index contributed by atoms with van der Waals surface area (Å²) in [5.74, 6) is 0.746. The van der Waals surface area contributed by atoms with E-state index in [0.29, 0.717) is 18.8 Å². The van der Waals surface area contributed by atoms with Gasteiger partial charge in [-0.05, 0) is 31.0 Å². The van der Waals surface area contributed by atoms with E-state index in [0.717, 1.165) is 16.8 Å². The fourth-order valence-electron chi connectivity index (χ4n) is 2.48. The molecule has 0 saturated carbocycles. The van der Waals surface area contributed by atoms with Crippen molar-refractivity contribution in [3.8, 4) is 0 Å². The summed E-state index contributed by atoms with van der Waals surface area (Å²) in [6.45, 7) is 4.66. The molecule has 98 valence electrons. The van der Waals surface area contributed by atoms with Gasteiger partial charge in [-0.3, -0.25) is 4.79 Å². The van der Waals surface area contributed by atoms with E-state index < -0.39 is 0 Å². The highest BCUT2D eigenvalue weighted by Gasteiger charge is 2.34. The molecule has 0 spiro atoms. The molecule has 2 aromatic rings. The van der Waals surface area contributed by atoms with Crippen LogP contribution in [0.1, 0.15) is 29.3 Å². The predicted octanol–water partition coefficient (Wildman–Crippen LogP) is 2.21. The van der Waals surface area contributed by atoms with Crippen molar-refractivity contribution in [2.24, 2.45) is 0 Å². The monoisotopic (exact) mass is 257 g/mol. The Bertz CT molecular complexity index is 607. The van der Waals surface area contributed by atoms with Crippen LogP contribution >= 0.6 is 0 Å². The number of aryl methyl sites for hydroxylation is 2. The molecule has 3 rings (SSSR count). The Kier molecular flexibility index (Phi) is 2.81. The first kappa shape index (κ1) is 11.9. The summed E-state index contributed by atoms with van der Waals surface area (Å²) in [7, 11) is 0. The van der Waals surface area contributed by atoms with Gasteiger partial charge in [0.25, 0.3) is 0 Å². The number of hydrogen-bond donors (Lipinski definition) is 0. The van der Waals surface area contributed by atoms with Gasteiger partial charge >= 0.3 is 0 Å². The fourth-order valence-corrected chi connectivity index (χ4v) is 2.48. The number of nitrogens with zero attached hydrogens (tertiary/aromatic N) is 3. The first-order valence-corrected chi connectivity index (χ1v) is 6.29. The van der Waals surface area contributed by atoms with Crippen LogP contribution < -0.4 is 4.90 Å². The number of benzene rings is 1. The van der Waals surface area contributed by atoms with E-state index in [2.05, 4.69) is 16.2 Å². The Morgan fingerprint density at radius 2 is 2.21 bits per heavy atom. The number of anilines is 1. The molecule has 1 aromatic heterocycles. The lowest BCUT2D eigenvalue weighted by Crippen LogP contribution is -2.25. The van der Waals surface area contributed by atoms with Crippen LogP contribution in [0.2, 0.25) is 0 Å². The molecule has 0 bridgehead atoms. The molecule has 1 atom stereocenters. The van der Waals surface area contributed by atoms with Gasteiger partial charge in [-0.2, -0.15) is 4.98 Å². The van der Waals surface area contributed by atoms with Crippen LogP contribution in [0.25, 0.3) is 0 Å². The van der Waals surface area contributed by atoms with Gasteiger partial charge in [0.1, 0.15) is 0 Å². The van der Waals surface area contributed by atoms with Gasteiger partial charge in [0.05, 0.1) is 0 Å². The average Bonchev–Trinajstić information content (AvgIpc) is 3.01. The normalized spacial score (nSPS) is 19.2. The Labute approximate surface area is 111 Å². The summed E-state index contributed by atoms with van der Waals surface area (Å²) < 4.78 is 4.76. The van der Waals surface area contributed by atoms with Gasteiger partial charge in [0.15, 0.2) is 5.82 Å². The molecule has 1 fully saturated rings. The zero-order valence-corrected chi connectivity index (χ0v) is 11.0. The maximum absolute atomic E-state index is 12.2. The summed E-state index contributed by atoms with van der Waals surface area (Å²) in [6.07, 6.45) is 1.74. The Morgan fingerprint density at radius 1 is 1.37 bits per heavy atom. The zero-order chi connectivity index (χ0) is 13.4. The van der Waals surface area contributed by atoms with Gasteiger partial charge in [0.2, 0.25) is 12.3 Å². The van der Waals surface area contributed by atoms with Crippen molar-refractivity contribution in [2.45, 2.75) is 26.2 Å². The Balaban J connectivity index is 1.90. The molecule has 19 heavy (non-hydrogen) atoms. The Morgan fingerprint density at radius 3 is 2.95 bits per heavy atom. The molecule has 1 amide bonds.